The molecule has 0 amide bonds. The summed E-state index contributed by atoms with van der Waals surface area (Å²) in [6, 6.07) is 18.3. The third kappa shape index (κ3) is 2.44. The maximum atomic E-state index is 2.48. The van der Waals surface area contributed by atoms with Gasteiger partial charge in [-0.15, -0.1) is 0 Å². The highest BCUT2D eigenvalue weighted by Gasteiger charge is 2.34. The molecular formula is C22H26N+. The van der Waals surface area contributed by atoms with Gasteiger partial charge in [0.25, 0.3) is 0 Å². The van der Waals surface area contributed by atoms with Crippen LogP contribution >= 0.6 is 0 Å². The lowest BCUT2D eigenvalue weighted by molar-refractivity contribution is -0.947. The van der Waals surface area contributed by atoms with E-state index in [-0.39, 0.29) is 0 Å². The molecule has 0 atom stereocenters. The summed E-state index contributed by atoms with van der Waals surface area (Å²) in [6.45, 7) is 9.69. The van der Waals surface area contributed by atoms with E-state index in [4.69, 9.17) is 0 Å². The second-order valence-electron chi connectivity index (χ2n) is 7.23. The van der Waals surface area contributed by atoms with Gasteiger partial charge in [-0.3, -0.25) is 0 Å². The Morgan fingerprint density at radius 1 is 0.739 bits per heavy atom. The topological polar surface area (TPSA) is 0 Å². The molecule has 1 aliphatic heterocycles. The van der Waals surface area contributed by atoms with E-state index < -0.39 is 0 Å². The first kappa shape index (κ1) is 14.7. The van der Waals surface area contributed by atoms with Gasteiger partial charge in [0.05, 0.1) is 13.1 Å². The zero-order valence-electron chi connectivity index (χ0n) is 14.3. The van der Waals surface area contributed by atoms with Gasteiger partial charge in [0, 0.05) is 11.1 Å². The van der Waals surface area contributed by atoms with Crippen LogP contribution in [0.25, 0.3) is 21.5 Å². The molecule has 0 radical (unpaired) electrons. The first-order valence-corrected chi connectivity index (χ1v) is 9.03. The third-order valence-corrected chi connectivity index (χ3v) is 5.47. The van der Waals surface area contributed by atoms with Gasteiger partial charge in [-0.05, 0) is 46.5 Å². The van der Waals surface area contributed by atoms with Crippen LogP contribution in [0.4, 0.5) is 0 Å². The summed E-state index contributed by atoms with van der Waals surface area (Å²) in [5.74, 6) is 0. The van der Waals surface area contributed by atoms with Gasteiger partial charge >= 0.3 is 0 Å². The summed E-state index contributed by atoms with van der Waals surface area (Å²) < 4.78 is 1.26. The summed E-state index contributed by atoms with van der Waals surface area (Å²) in [7, 11) is 0. The van der Waals surface area contributed by atoms with Gasteiger partial charge in [-0.25, -0.2) is 0 Å². The largest absolute Gasteiger partial charge is 0.316 e. The van der Waals surface area contributed by atoms with Gasteiger partial charge in [0.2, 0.25) is 0 Å². The van der Waals surface area contributed by atoms with Crippen molar-refractivity contribution in [3.8, 4) is 0 Å². The number of fused-ring (bicyclic) bond motifs is 4. The van der Waals surface area contributed by atoms with Gasteiger partial charge in [-0.1, -0.05) is 50.2 Å². The van der Waals surface area contributed by atoms with E-state index >= 15 is 0 Å². The summed E-state index contributed by atoms with van der Waals surface area (Å²) >= 11 is 0. The molecule has 118 valence electrons. The highest BCUT2D eigenvalue weighted by Crippen LogP contribution is 2.36. The Hall–Kier alpha value is -1.86. The molecule has 3 aromatic rings. The molecule has 1 heterocycles. The normalized spacial score (nSPS) is 16.1. The molecule has 0 saturated heterocycles. The minimum absolute atomic E-state index is 1.22. The van der Waals surface area contributed by atoms with E-state index in [9.17, 15) is 0 Å². The Balaban J connectivity index is 1.86. The second kappa shape index (κ2) is 5.65. The van der Waals surface area contributed by atoms with Gasteiger partial charge in [-0.2, -0.15) is 0 Å². The maximum Gasteiger partial charge on any atom is 0.105 e. The maximum absolute atomic E-state index is 2.48. The van der Waals surface area contributed by atoms with Crippen molar-refractivity contribution in [2.24, 2.45) is 0 Å². The molecule has 0 N–H and O–H groups in total. The molecule has 0 fully saturated rings. The van der Waals surface area contributed by atoms with Crippen molar-refractivity contribution in [3.05, 3.63) is 59.7 Å². The SMILES string of the molecule is CCC[N+]1(CCC)Cc2cc3ccc4ccccc4c3cc2C1. The number of rotatable bonds is 4. The van der Waals surface area contributed by atoms with Crippen molar-refractivity contribution < 1.29 is 4.48 Å². The third-order valence-electron chi connectivity index (χ3n) is 5.47. The predicted octanol–water partition coefficient (Wildman–Crippen LogP) is 5.64. The van der Waals surface area contributed by atoms with E-state index in [2.05, 4.69) is 62.4 Å². The van der Waals surface area contributed by atoms with Crippen LogP contribution in [0.5, 0.6) is 0 Å². The number of quaternary nitrogens is 1. The molecule has 1 heteroatoms. The molecule has 0 unspecified atom stereocenters. The lowest BCUT2D eigenvalue weighted by Crippen LogP contribution is -2.43. The fourth-order valence-electron chi connectivity index (χ4n) is 4.60. The quantitative estimate of drug-likeness (QED) is 0.432. The van der Waals surface area contributed by atoms with Crippen LogP contribution in [-0.4, -0.2) is 17.6 Å². The number of hydrogen-bond donors (Lipinski definition) is 0. The molecule has 0 aliphatic carbocycles. The van der Waals surface area contributed by atoms with Gasteiger partial charge < -0.3 is 4.48 Å². The van der Waals surface area contributed by atoms with Crippen molar-refractivity contribution in [3.63, 3.8) is 0 Å². The van der Waals surface area contributed by atoms with Crippen molar-refractivity contribution in [2.45, 2.75) is 39.8 Å². The Morgan fingerprint density at radius 3 is 2.13 bits per heavy atom. The first-order chi connectivity index (χ1) is 11.2. The van der Waals surface area contributed by atoms with E-state index in [0.29, 0.717) is 0 Å². The molecule has 1 aliphatic rings. The smallest absolute Gasteiger partial charge is 0.105 e. The van der Waals surface area contributed by atoms with Crippen LogP contribution in [0.15, 0.2) is 48.5 Å². The van der Waals surface area contributed by atoms with Crippen LogP contribution in [0, 0.1) is 0 Å². The van der Waals surface area contributed by atoms with Crippen molar-refractivity contribution >= 4 is 21.5 Å². The van der Waals surface area contributed by atoms with E-state index in [1.807, 2.05) is 0 Å². The van der Waals surface area contributed by atoms with E-state index in [1.165, 1.54) is 65.0 Å². The molecule has 0 spiro atoms. The molecule has 1 nitrogen and oxygen atoms in total. The zero-order chi connectivity index (χ0) is 15.9. The van der Waals surface area contributed by atoms with Crippen LogP contribution in [0.2, 0.25) is 0 Å². The lowest BCUT2D eigenvalue weighted by Gasteiger charge is -2.33. The average molecular weight is 304 g/mol. The van der Waals surface area contributed by atoms with Crippen LogP contribution in [0.1, 0.15) is 37.8 Å². The number of benzene rings is 3. The number of hydrogen-bond acceptors (Lipinski definition) is 0. The summed E-state index contributed by atoms with van der Waals surface area (Å²) in [5, 5.41) is 5.56. The van der Waals surface area contributed by atoms with Crippen molar-refractivity contribution in [1.82, 2.24) is 0 Å². The van der Waals surface area contributed by atoms with Crippen molar-refractivity contribution in [1.29, 1.82) is 0 Å². The number of nitrogens with zero attached hydrogens (tertiary/aromatic N) is 1. The minimum atomic E-state index is 1.22. The van der Waals surface area contributed by atoms with Crippen molar-refractivity contribution in [2.75, 3.05) is 13.1 Å². The molecule has 0 bridgehead atoms. The summed E-state index contributed by atoms with van der Waals surface area (Å²) in [6.07, 6.45) is 2.55. The Labute approximate surface area is 139 Å². The van der Waals surface area contributed by atoms with Crippen LogP contribution in [0.3, 0.4) is 0 Å². The lowest BCUT2D eigenvalue weighted by atomic mass is 9.98. The van der Waals surface area contributed by atoms with Gasteiger partial charge in [0.15, 0.2) is 0 Å². The monoisotopic (exact) mass is 304 g/mol. The fraction of sp³-hybridized carbons (Fsp3) is 0.364. The van der Waals surface area contributed by atoms with E-state index in [0.717, 1.165) is 0 Å². The minimum Gasteiger partial charge on any atom is -0.316 e. The molecule has 23 heavy (non-hydrogen) atoms. The molecule has 4 rings (SSSR count). The standard InChI is InChI=1S/C22H26N/c1-3-11-23(12-4-2)15-19-13-18-10-9-17-7-5-6-8-21(17)22(18)14-20(19)16-23/h5-10,13-14H,3-4,11-12,15-16H2,1-2H3/q+1. The highest BCUT2D eigenvalue weighted by atomic mass is 15.4. The molecule has 0 saturated carbocycles. The zero-order valence-corrected chi connectivity index (χ0v) is 14.3. The first-order valence-electron chi connectivity index (χ1n) is 9.03. The molecule has 0 aromatic heterocycles. The fourth-order valence-corrected chi connectivity index (χ4v) is 4.60. The van der Waals surface area contributed by atoms with Crippen LogP contribution in [-0.2, 0) is 13.1 Å². The van der Waals surface area contributed by atoms with Gasteiger partial charge in [0.1, 0.15) is 13.1 Å². The second-order valence-corrected chi connectivity index (χ2v) is 7.23. The predicted molar refractivity (Wildman–Crippen MR) is 99.4 cm³/mol. The molecule has 3 aromatic carbocycles. The van der Waals surface area contributed by atoms with E-state index in [1.54, 1.807) is 11.1 Å². The average Bonchev–Trinajstić information content (AvgIpc) is 2.90. The molecular weight excluding hydrogens is 278 g/mol. The highest BCUT2D eigenvalue weighted by molar-refractivity contribution is 6.07. The Bertz CT molecular complexity index is 856. The Kier molecular flexibility index (Phi) is 3.61. The summed E-state index contributed by atoms with van der Waals surface area (Å²) in [5.41, 5.74) is 3.16. The van der Waals surface area contributed by atoms with Crippen LogP contribution < -0.4 is 0 Å². The summed E-state index contributed by atoms with van der Waals surface area (Å²) in [4.78, 5) is 0. The Morgan fingerprint density at radius 2 is 1.39 bits per heavy atom.